The Morgan fingerprint density at radius 1 is 0.951 bits per heavy atom. The van der Waals surface area contributed by atoms with E-state index in [4.69, 9.17) is 27.9 Å². The van der Waals surface area contributed by atoms with Gasteiger partial charge in [0.05, 0.1) is 17.7 Å². The lowest BCUT2D eigenvalue weighted by Gasteiger charge is -2.35. The SMILES string of the molecule is CCC(C(=O)NC(C)(C)C)N(Cc1ccc(Cl)cc1)C(=O)CN(c1cc(Cl)ccc1OC)S(=O)(=O)c1ccccc1. The molecule has 0 heterocycles. The number of hydrogen-bond acceptors (Lipinski definition) is 5. The minimum absolute atomic E-state index is 0.0170. The lowest BCUT2D eigenvalue weighted by Crippen LogP contribution is -2.55. The average Bonchev–Trinajstić information content (AvgIpc) is 2.92. The van der Waals surface area contributed by atoms with Crippen LogP contribution in [0, 0.1) is 0 Å². The monoisotopic (exact) mass is 619 g/mol. The molecular formula is C30H35Cl2N3O5S. The van der Waals surface area contributed by atoms with Gasteiger partial charge in [0.1, 0.15) is 18.3 Å². The van der Waals surface area contributed by atoms with E-state index < -0.39 is 34.1 Å². The highest BCUT2D eigenvalue weighted by Gasteiger charge is 2.35. The summed E-state index contributed by atoms with van der Waals surface area (Å²) in [6.45, 7) is 6.79. The van der Waals surface area contributed by atoms with Crippen molar-refractivity contribution in [2.75, 3.05) is 18.0 Å². The van der Waals surface area contributed by atoms with Crippen LogP contribution in [0.15, 0.2) is 77.7 Å². The molecule has 41 heavy (non-hydrogen) atoms. The number of hydrogen-bond donors (Lipinski definition) is 1. The fraction of sp³-hybridized carbons (Fsp3) is 0.333. The van der Waals surface area contributed by atoms with Crippen molar-refractivity contribution in [3.8, 4) is 5.75 Å². The third-order valence-electron chi connectivity index (χ3n) is 6.17. The Bertz CT molecular complexity index is 1460. The Kier molecular flexibility index (Phi) is 10.7. The predicted octanol–water partition coefficient (Wildman–Crippen LogP) is 5.92. The van der Waals surface area contributed by atoms with Crippen molar-refractivity contribution in [2.45, 2.75) is 57.1 Å². The summed E-state index contributed by atoms with van der Waals surface area (Å²) in [7, 11) is -2.86. The maximum atomic E-state index is 14.2. The van der Waals surface area contributed by atoms with Crippen LogP contribution < -0.4 is 14.4 Å². The Morgan fingerprint density at radius 2 is 1.56 bits per heavy atom. The molecule has 0 aliphatic heterocycles. The standard InChI is InChI=1S/C30H35Cl2N3O5S/c1-6-25(29(37)33-30(2,3)4)34(19-21-12-14-22(31)15-13-21)28(36)20-35(26-18-23(32)16-17-27(26)40-5)41(38,39)24-10-8-7-9-11-24/h7-18,25H,6,19-20H2,1-5H3,(H,33,37). The summed E-state index contributed by atoms with van der Waals surface area (Å²) in [6.07, 6.45) is 0.299. The average molecular weight is 621 g/mol. The van der Waals surface area contributed by atoms with Crippen LogP contribution in [0.5, 0.6) is 5.75 Å². The van der Waals surface area contributed by atoms with E-state index >= 15 is 0 Å². The van der Waals surface area contributed by atoms with Gasteiger partial charge in [-0.25, -0.2) is 8.42 Å². The number of nitrogens with zero attached hydrogens (tertiary/aromatic N) is 2. The van der Waals surface area contributed by atoms with Gasteiger partial charge in [-0.1, -0.05) is 60.5 Å². The van der Waals surface area contributed by atoms with Gasteiger partial charge in [-0.05, 0) is 75.2 Å². The number of sulfonamides is 1. The number of carbonyl (C=O) groups excluding carboxylic acids is 2. The summed E-state index contributed by atoms with van der Waals surface area (Å²) in [5.74, 6) is -0.721. The fourth-order valence-electron chi connectivity index (χ4n) is 4.25. The van der Waals surface area contributed by atoms with Crippen LogP contribution in [0.1, 0.15) is 39.7 Å². The van der Waals surface area contributed by atoms with Crippen LogP contribution >= 0.6 is 23.2 Å². The van der Waals surface area contributed by atoms with Crippen molar-refractivity contribution in [1.29, 1.82) is 0 Å². The normalized spacial score (nSPS) is 12.4. The topological polar surface area (TPSA) is 96.0 Å². The molecule has 3 aromatic rings. The third kappa shape index (κ3) is 8.38. The molecule has 0 radical (unpaired) electrons. The predicted molar refractivity (Wildman–Crippen MR) is 163 cm³/mol. The van der Waals surface area contributed by atoms with Gasteiger partial charge in [0.25, 0.3) is 10.0 Å². The highest BCUT2D eigenvalue weighted by molar-refractivity contribution is 7.92. The molecule has 1 N–H and O–H groups in total. The van der Waals surface area contributed by atoms with Crippen LogP contribution in [-0.2, 0) is 26.2 Å². The van der Waals surface area contributed by atoms with Crippen molar-refractivity contribution >= 4 is 50.7 Å². The molecule has 11 heteroatoms. The van der Waals surface area contributed by atoms with Gasteiger partial charge < -0.3 is 15.0 Å². The molecule has 0 spiro atoms. The second kappa shape index (κ2) is 13.6. The molecule has 0 aromatic heterocycles. The number of methoxy groups -OCH3 is 1. The molecule has 2 amide bonds. The van der Waals surface area contributed by atoms with Crippen LogP contribution in [0.2, 0.25) is 10.0 Å². The van der Waals surface area contributed by atoms with Crippen molar-refractivity contribution in [2.24, 2.45) is 0 Å². The molecule has 0 saturated carbocycles. The molecule has 0 aliphatic carbocycles. The van der Waals surface area contributed by atoms with Gasteiger partial charge in [0.2, 0.25) is 11.8 Å². The van der Waals surface area contributed by atoms with Gasteiger partial charge in [-0.15, -0.1) is 0 Å². The van der Waals surface area contributed by atoms with E-state index in [1.54, 1.807) is 55.5 Å². The second-order valence-electron chi connectivity index (χ2n) is 10.5. The van der Waals surface area contributed by atoms with E-state index in [1.165, 1.54) is 36.3 Å². The van der Waals surface area contributed by atoms with Crippen LogP contribution in [0.25, 0.3) is 0 Å². The zero-order chi connectivity index (χ0) is 30.4. The number of nitrogens with one attached hydrogen (secondary N) is 1. The summed E-state index contributed by atoms with van der Waals surface area (Å²) < 4.78 is 34.4. The molecule has 0 aliphatic rings. The Morgan fingerprint density at radius 3 is 2.12 bits per heavy atom. The summed E-state index contributed by atoms with van der Waals surface area (Å²) in [4.78, 5) is 29.0. The van der Waals surface area contributed by atoms with Gasteiger partial charge in [-0.2, -0.15) is 0 Å². The second-order valence-corrected chi connectivity index (χ2v) is 13.2. The Balaban J connectivity index is 2.12. The molecule has 0 saturated heterocycles. The number of carbonyl (C=O) groups is 2. The smallest absolute Gasteiger partial charge is 0.264 e. The quantitative estimate of drug-likeness (QED) is 0.287. The van der Waals surface area contributed by atoms with E-state index in [0.29, 0.717) is 11.4 Å². The Labute approximate surface area is 252 Å². The zero-order valence-corrected chi connectivity index (χ0v) is 26.1. The van der Waals surface area contributed by atoms with Gasteiger partial charge >= 0.3 is 0 Å². The first-order chi connectivity index (χ1) is 19.3. The van der Waals surface area contributed by atoms with E-state index in [2.05, 4.69) is 5.32 Å². The molecule has 220 valence electrons. The molecule has 8 nitrogen and oxygen atoms in total. The van der Waals surface area contributed by atoms with Crippen molar-refractivity contribution in [3.05, 3.63) is 88.4 Å². The van der Waals surface area contributed by atoms with Crippen molar-refractivity contribution in [1.82, 2.24) is 10.2 Å². The molecule has 1 atom stereocenters. The van der Waals surface area contributed by atoms with E-state index in [0.717, 1.165) is 9.87 Å². The number of benzene rings is 3. The van der Waals surface area contributed by atoms with E-state index in [9.17, 15) is 18.0 Å². The van der Waals surface area contributed by atoms with Crippen molar-refractivity contribution in [3.63, 3.8) is 0 Å². The van der Waals surface area contributed by atoms with E-state index in [-0.39, 0.29) is 33.8 Å². The molecule has 0 fully saturated rings. The first-order valence-electron chi connectivity index (χ1n) is 13.0. The lowest BCUT2D eigenvalue weighted by molar-refractivity contribution is -0.141. The summed E-state index contributed by atoms with van der Waals surface area (Å²) in [5.41, 5.74) is 0.273. The first kappa shape index (κ1) is 32.2. The van der Waals surface area contributed by atoms with Crippen molar-refractivity contribution < 1.29 is 22.7 Å². The number of anilines is 1. The fourth-order valence-corrected chi connectivity index (χ4v) is 5.98. The summed E-state index contributed by atoms with van der Waals surface area (Å²) >= 11 is 12.3. The molecular weight excluding hydrogens is 585 g/mol. The molecule has 3 aromatic carbocycles. The van der Waals surface area contributed by atoms with Gasteiger partial charge in [0.15, 0.2) is 0 Å². The highest BCUT2D eigenvalue weighted by atomic mass is 35.5. The minimum Gasteiger partial charge on any atom is -0.495 e. The summed E-state index contributed by atoms with van der Waals surface area (Å²) in [5, 5.41) is 3.73. The zero-order valence-electron chi connectivity index (χ0n) is 23.7. The van der Waals surface area contributed by atoms with E-state index in [1.807, 2.05) is 20.8 Å². The summed E-state index contributed by atoms with van der Waals surface area (Å²) in [6, 6.07) is 18.3. The first-order valence-corrected chi connectivity index (χ1v) is 15.2. The van der Waals surface area contributed by atoms with Gasteiger partial charge in [0, 0.05) is 22.1 Å². The number of halogens is 2. The van der Waals surface area contributed by atoms with Crippen LogP contribution in [0.3, 0.4) is 0 Å². The largest absolute Gasteiger partial charge is 0.495 e. The third-order valence-corrected chi connectivity index (χ3v) is 8.43. The number of rotatable bonds is 11. The molecule has 0 bridgehead atoms. The minimum atomic E-state index is -4.26. The number of amides is 2. The number of ether oxygens (including phenoxy) is 1. The van der Waals surface area contributed by atoms with Crippen LogP contribution in [-0.4, -0.2) is 50.4 Å². The van der Waals surface area contributed by atoms with Crippen LogP contribution in [0.4, 0.5) is 5.69 Å². The maximum Gasteiger partial charge on any atom is 0.264 e. The Hall–Kier alpha value is -3.27. The molecule has 1 unspecified atom stereocenters. The maximum absolute atomic E-state index is 14.2. The van der Waals surface area contributed by atoms with Gasteiger partial charge in [-0.3, -0.25) is 13.9 Å². The lowest BCUT2D eigenvalue weighted by atomic mass is 10.1. The highest BCUT2D eigenvalue weighted by Crippen LogP contribution is 2.35. The molecule has 3 rings (SSSR count).